The molecule has 0 N–H and O–H groups in total. The number of rotatable bonds is 4. The maximum Gasteiger partial charge on any atom is 0.0946 e. The summed E-state index contributed by atoms with van der Waals surface area (Å²) in [6.45, 7) is 2.68. The van der Waals surface area contributed by atoms with Gasteiger partial charge in [0, 0.05) is 13.0 Å². The minimum absolute atomic E-state index is 0.0475. The Kier molecular flexibility index (Phi) is 5.15. The molecule has 0 amide bonds. The molecule has 0 aromatic rings. The van der Waals surface area contributed by atoms with E-state index in [0.717, 1.165) is 13.0 Å². The van der Waals surface area contributed by atoms with Crippen LogP contribution in [-0.4, -0.2) is 24.5 Å². The summed E-state index contributed by atoms with van der Waals surface area (Å²) in [4.78, 5) is 1.94. The Morgan fingerprint density at radius 3 is 2.55 bits per heavy atom. The first-order valence-electron chi connectivity index (χ1n) is 3.69. The van der Waals surface area contributed by atoms with Gasteiger partial charge in [-0.15, -0.1) is 0 Å². The summed E-state index contributed by atoms with van der Waals surface area (Å²) < 4.78 is 0. The maximum atomic E-state index is 8.51. The zero-order chi connectivity index (χ0) is 8.69. The third-order valence-electron chi connectivity index (χ3n) is 1.65. The van der Waals surface area contributed by atoms with E-state index in [1.807, 2.05) is 18.9 Å². The average molecular weight is 151 g/mol. The number of hydrogen-bond donors (Lipinski definition) is 0. The standard InChI is InChI=1S/C8H13N3/c1-8(7-10)11(2)6-4-3-5-9/h8H,3-4,6H2,1-2H3. The van der Waals surface area contributed by atoms with Crippen molar-refractivity contribution in [2.45, 2.75) is 25.8 Å². The van der Waals surface area contributed by atoms with Crippen LogP contribution in [0.25, 0.3) is 0 Å². The number of nitrogens with zero attached hydrogens (tertiary/aromatic N) is 3. The highest BCUT2D eigenvalue weighted by Crippen LogP contribution is 1.96. The van der Waals surface area contributed by atoms with E-state index >= 15 is 0 Å². The fourth-order valence-corrected chi connectivity index (χ4v) is 0.700. The third kappa shape index (κ3) is 4.36. The molecular formula is C8H13N3. The van der Waals surface area contributed by atoms with Crippen LogP contribution in [0.3, 0.4) is 0 Å². The van der Waals surface area contributed by atoms with Crippen molar-refractivity contribution in [3.63, 3.8) is 0 Å². The minimum Gasteiger partial charge on any atom is -0.291 e. The molecule has 0 rings (SSSR count). The first-order valence-corrected chi connectivity index (χ1v) is 3.69. The van der Waals surface area contributed by atoms with Crippen molar-refractivity contribution >= 4 is 0 Å². The molecule has 0 aliphatic heterocycles. The van der Waals surface area contributed by atoms with E-state index in [0.29, 0.717) is 6.42 Å². The molecule has 0 fully saturated rings. The largest absolute Gasteiger partial charge is 0.291 e. The van der Waals surface area contributed by atoms with Crippen LogP contribution in [0.15, 0.2) is 0 Å². The first kappa shape index (κ1) is 9.94. The van der Waals surface area contributed by atoms with Gasteiger partial charge in [-0.1, -0.05) is 0 Å². The normalized spacial score (nSPS) is 12.1. The summed E-state index contributed by atoms with van der Waals surface area (Å²) in [7, 11) is 1.89. The molecule has 0 aliphatic carbocycles. The summed E-state index contributed by atoms with van der Waals surface area (Å²) >= 11 is 0. The zero-order valence-electron chi connectivity index (χ0n) is 7.04. The van der Waals surface area contributed by atoms with Crippen molar-refractivity contribution in [3.8, 4) is 12.1 Å². The molecule has 0 saturated carbocycles. The molecule has 0 spiro atoms. The van der Waals surface area contributed by atoms with Crippen molar-refractivity contribution < 1.29 is 0 Å². The Balaban J connectivity index is 3.47. The summed E-state index contributed by atoms with van der Waals surface area (Å²) in [5, 5.41) is 16.7. The van der Waals surface area contributed by atoms with Crippen LogP contribution < -0.4 is 0 Å². The number of nitriles is 2. The highest BCUT2D eigenvalue weighted by atomic mass is 15.1. The summed E-state index contributed by atoms with van der Waals surface area (Å²) in [5.74, 6) is 0. The first-order chi connectivity index (χ1) is 5.22. The molecule has 0 aromatic carbocycles. The van der Waals surface area contributed by atoms with Crippen LogP contribution in [0.5, 0.6) is 0 Å². The monoisotopic (exact) mass is 151 g/mol. The van der Waals surface area contributed by atoms with Gasteiger partial charge in [0.15, 0.2) is 0 Å². The van der Waals surface area contributed by atoms with Crippen LogP contribution in [0, 0.1) is 22.7 Å². The minimum atomic E-state index is -0.0475. The van der Waals surface area contributed by atoms with Gasteiger partial charge in [-0.05, 0) is 20.4 Å². The fraction of sp³-hybridized carbons (Fsp3) is 0.750. The fourth-order valence-electron chi connectivity index (χ4n) is 0.700. The second-order valence-corrected chi connectivity index (χ2v) is 2.55. The van der Waals surface area contributed by atoms with E-state index in [-0.39, 0.29) is 6.04 Å². The molecule has 1 atom stereocenters. The van der Waals surface area contributed by atoms with Gasteiger partial charge in [0.25, 0.3) is 0 Å². The molecule has 0 bridgehead atoms. The summed E-state index contributed by atoms with van der Waals surface area (Å²) in [6.07, 6.45) is 1.42. The topological polar surface area (TPSA) is 50.8 Å². The zero-order valence-corrected chi connectivity index (χ0v) is 7.04. The van der Waals surface area contributed by atoms with Crippen LogP contribution in [0.1, 0.15) is 19.8 Å². The van der Waals surface area contributed by atoms with E-state index < -0.39 is 0 Å². The van der Waals surface area contributed by atoms with Crippen LogP contribution >= 0.6 is 0 Å². The molecule has 0 radical (unpaired) electrons. The molecule has 1 unspecified atom stereocenters. The lowest BCUT2D eigenvalue weighted by Crippen LogP contribution is -2.28. The highest BCUT2D eigenvalue weighted by Gasteiger charge is 2.05. The van der Waals surface area contributed by atoms with Crippen molar-refractivity contribution in [1.29, 1.82) is 10.5 Å². The quantitative estimate of drug-likeness (QED) is 0.566. The molecule has 0 aromatic heterocycles. The van der Waals surface area contributed by atoms with Gasteiger partial charge in [0.2, 0.25) is 0 Å². The second kappa shape index (κ2) is 5.70. The Hall–Kier alpha value is -1.06. The SMILES string of the molecule is CC(C#N)N(C)CCCC#N. The molecule has 0 saturated heterocycles. The number of unbranched alkanes of at least 4 members (excludes halogenated alkanes) is 1. The molecule has 60 valence electrons. The summed E-state index contributed by atoms with van der Waals surface area (Å²) in [5.41, 5.74) is 0. The lowest BCUT2D eigenvalue weighted by Gasteiger charge is -2.17. The molecule has 0 aliphatic rings. The van der Waals surface area contributed by atoms with E-state index in [1.165, 1.54) is 0 Å². The lowest BCUT2D eigenvalue weighted by atomic mass is 10.2. The van der Waals surface area contributed by atoms with Gasteiger partial charge in [-0.2, -0.15) is 10.5 Å². The summed E-state index contributed by atoms with van der Waals surface area (Å²) in [6, 6.07) is 4.16. The van der Waals surface area contributed by atoms with Crippen LogP contribution in [-0.2, 0) is 0 Å². The number of hydrogen-bond acceptors (Lipinski definition) is 3. The van der Waals surface area contributed by atoms with Crippen molar-refractivity contribution in [1.82, 2.24) is 4.90 Å². The van der Waals surface area contributed by atoms with Gasteiger partial charge in [0.05, 0.1) is 18.2 Å². The molecule has 3 nitrogen and oxygen atoms in total. The molecule has 3 heteroatoms. The molecule has 0 heterocycles. The van der Waals surface area contributed by atoms with E-state index in [2.05, 4.69) is 12.1 Å². The predicted octanol–water partition coefficient (Wildman–Crippen LogP) is 1.13. The van der Waals surface area contributed by atoms with Crippen molar-refractivity contribution in [2.24, 2.45) is 0 Å². The van der Waals surface area contributed by atoms with Gasteiger partial charge >= 0.3 is 0 Å². The van der Waals surface area contributed by atoms with Crippen molar-refractivity contribution in [2.75, 3.05) is 13.6 Å². The van der Waals surface area contributed by atoms with Crippen LogP contribution in [0.2, 0.25) is 0 Å². The molecule has 11 heavy (non-hydrogen) atoms. The Morgan fingerprint density at radius 1 is 1.45 bits per heavy atom. The van der Waals surface area contributed by atoms with E-state index in [9.17, 15) is 0 Å². The Labute approximate surface area is 67.8 Å². The van der Waals surface area contributed by atoms with E-state index in [4.69, 9.17) is 10.5 Å². The highest BCUT2D eigenvalue weighted by molar-refractivity contribution is 4.86. The van der Waals surface area contributed by atoms with Gasteiger partial charge in [0.1, 0.15) is 0 Å². The smallest absolute Gasteiger partial charge is 0.0946 e. The molecular weight excluding hydrogens is 138 g/mol. The lowest BCUT2D eigenvalue weighted by molar-refractivity contribution is 0.300. The van der Waals surface area contributed by atoms with Gasteiger partial charge in [-0.3, -0.25) is 4.90 Å². The average Bonchev–Trinajstić information content (AvgIpc) is 2.03. The Morgan fingerprint density at radius 2 is 2.09 bits per heavy atom. The van der Waals surface area contributed by atoms with Crippen molar-refractivity contribution in [3.05, 3.63) is 0 Å². The van der Waals surface area contributed by atoms with E-state index in [1.54, 1.807) is 0 Å². The second-order valence-electron chi connectivity index (χ2n) is 2.55. The van der Waals surface area contributed by atoms with Crippen LogP contribution in [0.4, 0.5) is 0 Å². The Bertz CT molecular complexity index is 175. The predicted molar refractivity (Wildman–Crippen MR) is 42.6 cm³/mol. The van der Waals surface area contributed by atoms with Gasteiger partial charge in [-0.25, -0.2) is 0 Å². The third-order valence-corrected chi connectivity index (χ3v) is 1.65. The van der Waals surface area contributed by atoms with Gasteiger partial charge < -0.3 is 0 Å². The maximum absolute atomic E-state index is 8.51.